The van der Waals surface area contributed by atoms with Crippen LogP contribution in [-0.2, 0) is 10.9 Å². The van der Waals surface area contributed by atoms with E-state index < -0.39 is 17.7 Å². The van der Waals surface area contributed by atoms with E-state index in [1.165, 1.54) is 12.4 Å². The second kappa shape index (κ2) is 5.43. The van der Waals surface area contributed by atoms with Crippen molar-refractivity contribution in [1.29, 1.82) is 0 Å². The van der Waals surface area contributed by atoms with Crippen molar-refractivity contribution >= 4 is 11.8 Å². The normalized spacial score (nSPS) is 11.4. The minimum atomic E-state index is -4.55. The van der Waals surface area contributed by atoms with Gasteiger partial charge in [0.15, 0.2) is 5.82 Å². The van der Waals surface area contributed by atoms with Gasteiger partial charge in [-0.3, -0.25) is 0 Å². The molecule has 2 N–H and O–H groups in total. The number of hydrogen-bond donors (Lipinski definition) is 1. The Morgan fingerprint density at radius 2 is 2.14 bits per heavy atom. The average Bonchev–Trinajstić information content (AvgIpc) is 2.87. The molecule has 0 amide bonds. The molecule has 9 heteroatoms. The second-order valence-corrected chi connectivity index (χ2v) is 4.03. The summed E-state index contributed by atoms with van der Waals surface area (Å²) in [6.45, 7) is 1.82. The second-order valence-electron chi connectivity index (χ2n) is 4.03. The molecule has 2 heterocycles. The topological polar surface area (TPSA) is 83.0 Å². The molecule has 0 atom stereocenters. The maximum Gasteiger partial charge on any atom is 0.416 e. The highest BCUT2D eigenvalue weighted by Gasteiger charge is 2.31. The van der Waals surface area contributed by atoms with E-state index in [2.05, 4.69) is 10.1 Å². The summed E-state index contributed by atoms with van der Waals surface area (Å²) in [4.78, 5) is 15.2. The van der Waals surface area contributed by atoms with Gasteiger partial charge in [0.1, 0.15) is 5.82 Å². The number of esters is 1. The molecule has 2 aromatic heterocycles. The number of carbonyl (C=O) groups excluding carboxylic acids is 1. The van der Waals surface area contributed by atoms with Crippen molar-refractivity contribution in [3.8, 4) is 5.82 Å². The molecule has 0 saturated heterocycles. The van der Waals surface area contributed by atoms with Gasteiger partial charge in [-0.05, 0) is 19.1 Å². The first kappa shape index (κ1) is 14.8. The smallest absolute Gasteiger partial charge is 0.416 e. The Kier molecular flexibility index (Phi) is 3.83. The van der Waals surface area contributed by atoms with Crippen LogP contribution in [0.5, 0.6) is 0 Å². The van der Waals surface area contributed by atoms with Gasteiger partial charge in [0, 0.05) is 6.20 Å². The third kappa shape index (κ3) is 3.30. The van der Waals surface area contributed by atoms with E-state index in [1.807, 2.05) is 0 Å². The van der Waals surface area contributed by atoms with Crippen LogP contribution in [0, 0.1) is 0 Å². The molecule has 0 aliphatic heterocycles. The van der Waals surface area contributed by atoms with Crippen LogP contribution in [0.3, 0.4) is 0 Å². The Morgan fingerprint density at radius 3 is 2.76 bits per heavy atom. The summed E-state index contributed by atoms with van der Waals surface area (Å²) in [5.74, 6) is -1.06. The lowest BCUT2D eigenvalue weighted by atomic mass is 10.2. The lowest BCUT2D eigenvalue weighted by molar-refractivity contribution is -0.137. The van der Waals surface area contributed by atoms with Crippen molar-refractivity contribution in [2.75, 3.05) is 12.3 Å². The number of aromatic nitrogens is 3. The molecule has 2 rings (SSSR count). The van der Waals surface area contributed by atoms with Crippen LogP contribution < -0.4 is 5.73 Å². The van der Waals surface area contributed by atoms with E-state index in [0.29, 0.717) is 0 Å². The SMILES string of the molecule is CCOC(=O)c1cnn(-c2cc(C(F)(F)F)cc(N)n2)c1. The van der Waals surface area contributed by atoms with Crippen LogP contribution in [0.25, 0.3) is 5.82 Å². The van der Waals surface area contributed by atoms with E-state index in [1.54, 1.807) is 6.92 Å². The summed E-state index contributed by atoms with van der Waals surface area (Å²) >= 11 is 0. The number of nitrogen functional groups attached to an aromatic ring is 1. The molecule has 112 valence electrons. The van der Waals surface area contributed by atoms with Crippen molar-refractivity contribution < 1.29 is 22.7 Å². The van der Waals surface area contributed by atoms with E-state index in [9.17, 15) is 18.0 Å². The van der Waals surface area contributed by atoms with Gasteiger partial charge in [0.25, 0.3) is 0 Å². The molecule has 0 bridgehead atoms. The minimum absolute atomic E-state index is 0.106. The molecule has 21 heavy (non-hydrogen) atoms. The predicted molar refractivity (Wildman–Crippen MR) is 66.7 cm³/mol. The van der Waals surface area contributed by atoms with Gasteiger partial charge in [-0.15, -0.1) is 0 Å². The number of ether oxygens (including phenoxy) is 1. The van der Waals surface area contributed by atoms with Gasteiger partial charge in [-0.2, -0.15) is 18.3 Å². The maximum absolute atomic E-state index is 12.7. The van der Waals surface area contributed by atoms with Crippen molar-refractivity contribution in [2.24, 2.45) is 0 Å². The van der Waals surface area contributed by atoms with E-state index in [0.717, 1.165) is 16.8 Å². The highest BCUT2D eigenvalue weighted by Crippen LogP contribution is 2.31. The van der Waals surface area contributed by atoms with E-state index in [-0.39, 0.29) is 23.8 Å². The molecule has 0 spiro atoms. The number of halogens is 3. The molecule has 0 aliphatic rings. The fourth-order valence-corrected chi connectivity index (χ4v) is 1.59. The monoisotopic (exact) mass is 300 g/mol. The molecule has 6 nitrogen and oxygen atoms in total. The molecule has 0 unspecified atom stereocenters. The van der Waals surface area contributed by atoms with Gasteiger partial charge in [-0.25, -0.2) is 14.5 Å². The Balaban J connectivity index is 2.39. The zero-order valence-electron chi connectivity index (χ0n) is 10.9. The van der Waals surface area contributed by atoms with Gasteiger partial charge < -0.3 is 10.5 Å². The number of anilines is 1. The lowest BCUT2D eigenvalue weighted by Gasteiger charge is -2.09. The highest BCUT2D eigenvalue weighted by molar-refractivity contribution is 5.88. The molecule has 0 radical (unpaired) electrons. The standard InChI is InChI=1S/C12H11F3N4O2/c1-2-21-11(20)7-5-17-19(6-7)10-4-8(12(13,14)15)3-9(16)18-10/h3-6H,2H2,1H3,(H2,16,18). The van der Waals surface area contributed by atoms with Gasteiger partial charge >= 0.3 is 12.1 Å². The largest absolute Gasteiger partial charge is 0.462 e. The van der Waals surface area contributed by atoms with Gasteiger partial charge in [0.05, 0.1) is 23.9 Å². The number of carbonyl (C=O) groups is 1. The Bertz CT molecular complexity index is 667. The third-order valence-electron chi connectivity index (χ3n) is 2.49. The first-order chi connectivity index (χ1) is 9.81. The molecule has 2 aromatic rings. The Hall–Kier alpha value is -2.58. The number of pyridine rings is 1. The number of nitrogens with two attached hydrogens (primary N) is 1. The van der Waals surface area contributed by atoms with Crippen LogP contribution in [0.2, 0.25) is 0 Å². The predicted octanol–water partition coefficient (Wildman–Crippen LogP) is 2.04. The van der Waals surface area contributed by atoms with Crippen molar-refractivity contribution in [1.82, 2.24) is 14.8 Å². The van der Waals surface area contributed by atoms with Gasteiger partial charge in [0.2, 0.25) is 0 Å². The van der Waals surface area contributed by atoms with Crippen LogP contribution in [0.4, 0.5) is 19.0 Å². The molecular formula is C12H11F3N4O2. The fourth-order valence-electron chi connectivity index (χ4n) is 1.59. The molecular weight excluding hydrogens is 289 g/mol. The van der Waals surface area contributed by atoms with Crippen molar-refractivity contribution in [3.05, 3.63) is 35.7 Å². The first-order valence-electron chi connectivity index (χ1n) is 5.88. The number of nitrogens with zero attached hydrogens (tertiary/aromatic N) is 3. The number of hydrogen-bond acceptors (Lipinski definition) is 5. The fraction of sp³-hybridized carbons (Fsp3) is 0.250. The summed E-state index contributed by atoms with van der Waals surface area (Å²) in [7, 11) is 0. The summed E-state index contributed by atoms with van der Waals surface area (Å²) in [6, 6.07) is 1.51. The molecule has 0 saturated carbocycles. The zero-order valence-corrected chi connectivity index (χ0v) is 10.9. The maximum atomic E-state index is 12.7. The summed E-state index contributed by atoms with van der Waals surface area (Å²) in [5.41, 5.74) is 4.52. The molecule has 0 aliphatic carbocycles. The minimum Gasteiger partial charge on any atom is -0.462 e. The van der Waals surface area contributed by atoms with Crippen LogP contribution in [0.1, 0.15) is 22.8 Å². The molecule has 0 fully saturated rings. The van der Waals surface area contributed by atoms with E-state index >= 15 is 0 Å². The Morgan fingerprint density at radius 1 is 1.43 bits per heavy atom. The van der Waals surface area contributed by atoms with Crippen LogP contribution >= 0.6 is 0 Å². The summed E-state index contributed by atoms with van der Waals surface area (Å²) in [6.07, 6.45) is -2.15. The molecule has 0 aromatic carbocycles. The lowest BCUT2D eigenvalue weighted by Crippen LogP contribution is -2.10. The third-order valence-corrected chi connectivity index (χ3v) is 2.49. The Labute approximate surface area is 117 Å². The average molecular weight is 300 g/mol. The van der Waals surface area contributed by atoms with Crippen molar-refractivity contribution in [2.45, 2.75) is 13.1 Å². The van der Waals surface area contributed by atoms with Crippen LogP contribution in [-0.4, -0.2) is 27.3 Å². The first-order valence-corrected chi connectivity index (χ1v) is 5.88. The summed E-state index contributed by atoms with van der Waals surface area (Å²) in [5, 5.41) is 3.78. The van der Waals surface area contributed by atoms with Crippen molar-refractivity contribution in [3.63, 3.8) is 0 Å². The van der Waals surface area contributed by atoms with Gasteiger partial charge in [-0.1, -0.05) is 0 Å². The number of alkyl halides is 3. The van der Waals surface area contributed by atoms with Crippen LogP contribution in [0.15, 0.2) is 24.5 Å². The quantitative estimate of drug-likeness (QED) is 0.877. The van der Waals surface area contributed by atoms with E-state index in [4.69, 9.17) is 10.5 Å². The zero-order chi connectivity index (χ0) is 15.6. The number of rotatable bonds is 3. The summed E-state index contributed by atoms with van der Waals surface area (Å²) < 4.78 is 43.9. The highest BCUT2D eigenvalue weighted by atomic mass is 19.4.